The van der Waals surface area contributed by atoms with E-state index >= 15 is 0 Å². The van der Waals surface area contributed by atoms with Crippen molar-refractivity contribution in [3.63, 3.8) is 0 Å². The number of carbonyl (C=O) groups is 1. The Morgan fingerprint density at radius 2 is 1.28 bits per heavy atom. The lowest BCUT2D eigenvalue weighted by Crippen LogP contribution is -1.95. The van der Waals surface area contributed by atoms with Gasteiger partial charge in [-0.25, -0.2) is 4.79 Å². The van der Waals surface area contributed by atoms with Gasteiger partial charge in [0, 0.05) is 32.5 Å². The summed E-state index contributed by atoms with van der Waals surface area (Å²) in [6.45, 7) is 0. The summed E-state index contributed by atoms with van der Waals surface area (Å²) in [4.78, 5) is 20.0. The van der Waals surface area contributed by atoms with Crippen molar-refractivity contribution in [1.82, 2.24) is 0 Å². The number of aromatic hydroxyl groups is 2. The van der Waals surface area contributed by atoms with Crippen LogP contribution in [-0.4, -0.2) is 33.7 Å². The first kappa shape index (κ1) is 20.8. The molecule has 8 heteroatoms. The first-order valence-electron chi connectivity index (χ1n) is 8.26. The van der Waals surface area contributed by atoms with Crippen LogP contribution in [0.5, 0.6) is 11.5 Å². The molecule has 3 N–H and O–H groups in total. The minimum Gasteiger partial charge on any atom is -0.507 e. The zero-order chi connectivity index (χ0) is 21.0. The first-order chi connectivity index (χ1) is 13.8. The number of hydrogen-bond acceptors (Lipinski definition) is 5. The van der Waals surface area contributed by atoms with E-state index in [-0.39, 0.29) is 17.1 Å². The minimum absolute atomic E-state index is 0.0375. The summed E-state index contributed by atoms with van der Waals surface area (Å²) >= 11 is 6.67. The van der Waals surface area contributed by atoms with Crippen LogP contribution in [0.2, 0.25) is 0 Å². The highest BCUT2D eigenvalue weighted by Gasteiger charge is 2.08. The fourth-order valence-corrected chi connectivity index (χ4v) is 3.16. The average molecular weight is 518 g/mol. The van der Waals surface area contributed by atoms with Crippen LogP contribution >= 0.6 is 31.9 Å². The van der Waals surface area contributed by atoms with Gasteiger partial charge in [-0.3, -0.25) is 9.98 Å². The van der Waals surface area contributed by atoms with Gasteiger partial charge >= 0.3 is 5.97 Å². The lowest BCUT2D eigenvalue weighted by atomic mass is 10.1. The topological polar surface area (TPSA) is 102 Å². The van der Waals surface area contributed by atoms with E-state index in [0.717, 1.165) is 8.95 Å². The van der Waals surface area contributed by atoms with Gasteiger partial charge in [-0.1, -0.05) is 31.9 Å². The van der Waals surface area contributed by atoms with E-state index in [1.807, 2.05) is 0 Å². The molecule has 0 fully saturated rings. The minimum atomic E-state index is -1.09. The fourth-order valence-electron chi connectivity index (χ4n) is 2.40. The Morgan fingerprint density at radius 3 is 1.79 bits per heavy atom. The van der Waals surface area contributed by atoms with Gasteiger partial charge in [-0.15, -0.1) is 0 Å². The third-order valence-electron chi connectivity index (χ3n) is 3.89. The van der Waals surface area contributed by atoms with E-state index in [4.69, 9.17) is 0 Å². The van der Waals surface area contributed by atoms with Gasteiger partial charge < -0.3 is 15.3 Å². The molecule has 3 aromatic carbocycles. The van der Waals surface area contributed by atoms with Gasteiger partial charge in [0.1, 0.15) is 11.5 Å². The van der Waals surface area contributed by atoms with Crippen molar-refractivity contribution in [2.75, 3.05) is 0 Å². The van der Waals surface area contributed by atoms with Gasteiger partial charge in [0.2, 0.25) is 0 Å². The molecule has 0 spiro atoms. The Kier molecular flexibility index (Phi) is 6.46. The molecule has 0 saturated carbocycles. The Hall–Kier alpha value is -2.97. The number of nitrogens with zero attached hydrogens (tertiary/aromatic N) is 2. The summed E-state index contributed by atoms with van der Waals surface area (Å²) in [6.07, 6.45) is 2.89. The second-order valence-electron chi connectivity index (χ2n) is 5.93. The molecule has 3 rings (SSSR count). The molecule has 0 aliphatic carbocycles. The number of hydrogen-bond donors (Lipinski definition) is 3. The quantitative estimate of drug-likeness (QED) is 0.371. The summed E-state index contributed by atoms with van der Waals surface area (Å²) in [7, 11) is 0. The molecular weight excluding hydrogens is 504 g/mol. The maximum absolute atomic E-state index is 11.3. The van der Waals surface area contributed by atoms with Crippen LogP contribution in [0.25, 0.3) is 0 Å². The van der Waals surface area contributed by atoms with Crippen LogP contribution in [0, 0.1) is 0 Å². The number of benzene rings is 3. The molecule has 0 aliphatic heterocycles. The lowest BCUT2D eigenvalue weighted by molar-refractivity contribution is 0.0697. The Morgan fingerprint density at radius 1 is 0.759 bits per heavy atom. The summed E-state index contributed by atoms with van der Waals surface area (Å²) in [5, 5.41) is 29.2. The van der Waals surface area contributed by atoms with Gasteiger partial charge in [-0.05, 0) is 54.6 Å². The van der Waals surface area contributed by atoms with Crippen molar-refractivity contribution in [3.8, 4) is 11.5 Å². The number of aromatic carboxylic acids is 1. The molecule has 0 aromatic heterocycles. The van der Waals surface area contributed by atoms with Crippen LogP contribution in [0.1, 0.15) is 21.5 Å². The van der Waals surface area contributed by atoms with E-state index in [1.165, 1.54) is 42.8 Å². The third kappa shape index (κ3) is 5.30. The molecule has 0 radical (unpaired) electrons. The standard InChI is InChI=1S/C21H14Br2N2O4/c22-15-2-5-19(26)13(7-15)10-24-17-4-1-12(21(28)29)9-18(17)25-11-14-8-16(23)3-6-20(14)27/h1-11,26-27H,(H,28,29). The second-order valence-corrected chi connectivity index (χ2v) is 7.76. The fraction of sp³-hybridized carbons (Fsp3) is 0. The largest absolute Gasteiger partial charge is 0.507 e. The third-order valence-corrected chi connectivity index (χ3v) is 4.87. The van der Waals surface area contributed by atoms with Crippen LogP contribution in [0.4, 0.5) is 11.4 Å². The van der Waals surface area contributed by atoms with E-state index in [9.17, 15) is 20.1 Å². The van der Waals surface area contributed by atoms with Crippen molar-refractivity contribution in [2.45, 2.75) is 0 Å². The molecule has 0 saturated heterocycles. The van der Waals surface area contributed by atoms with Crippen LogP contribution in [0.3, 0.4) is 0 Å². The van der Waals surface area contributed by atoms with Crippen molar-refractivity contribution in [2.24, 2.45) is 9.98 Å². The second kappa shape index (κ2) is 9.02. The van der Waals surface area contributed by atoms with Gasteiger partial charge in [0.05, 0.1) is 16.9 Å². The van der Waals surface area contributed by atoms with Gasteiger partial charge in [0.15, 0.2) is 0 Å². The monoisotopic (exact) mass is 516 g/mol. The molecule has 0 bridgehead atoms. The van der Waals surface area contributed by atoms with Gasteiger partial charge in [0.25, 0.3) is 0 Å². The molecule has 3 aromatic rings. The number of phenols is 2. The first-order valence-corrected chi connectivity index (χ1v) is 9.84. The molecule has 6 nitrogen and oxygen atoms in total. The highest BCUT2D eigenvalue weighted by molar-refractivity contribution is 9.10. The van der Waals surface area contributed by atoms with Crippen molar-refractivity contribution >= 4 is 61.6 Å². The number of carboxylic acids is 1. The molecule has 0 heterocycles. The summed E-state index contributed by atoms with van der Waals surface area (Å²) in [5.74, 6) is -0.995. The highest BCUT2D eigenvalue weighted by atomic mass is 79.9. The zero-order valence-corrected chi connectivity index (χ0v) is 17.9. The summed E-state index contributed by atoms with van der Waals surface area (Å²) in [6, 6.07) is 14.2. The van der Waals surface area contributed by atoms with E-state index in [1.54, 1.807) is 24.3 Å². The van der Waals surface area contributed by atoms with Crippen LogP contribution in [0.15, 0.2) is 73.5 Å². The molecule has 0 atom stereocenters. The van der Waals surface area contributed by atoms with Crippen molar-refractivity contribution < 1.29 is 20.1 Å². The number of rotatable bonds is 5. The molecular formula is C21H14Br2N2O4. The highest BCUT2D eigenvalue weighted by Crippen LogP contribution is 2.31. The smallest absolute Gasteiger partial charge is 0.335 e. The van der Waals surface area contributed by atoms with Crippen LogP contribution < -0.4 is 0 Å². The molecule has 29 heavy (non-hydrogen) atoms. The lowest BCUT2D eigenvalue weighted by Gasteiger charge is -2.04. The zero-order valence-electron chi connectivity index (χ0n) is 14.8. The normalized spacial score (nSPS) is 11.4. The average Bonchev–Trinajstić information content (AvgIpc) is 2.69. The number of halogens is 2. The Labute approximate surface area is 183 Å². The molecule has 146 valence electrons. The SMILES string of the molecule is O=C(O)c1ccc(N=Cc2cc(Br)ccc2O)c(N=Cc2cc(Br)ccc2O)c1. The van der Waals surface area contributed by atoms with E-state index < -0.39 is 5.97 Å². The molecule has 0 unspecified atom stereocenters. The maximum Gasteiger partial charge on any atom is 0.335 e. The van der Waals surface area contributed by atoms with E-state index in [0.29, 0.717) is 22.5 Å². The number of carboxylic acid groups (broad SMARTS) is 1. The van der Waals surface area contributed by atoms with Crippen LogP contribution in [-0.2, 0) is 0 Å². The Bertz CT molecular complexity index is 1140. The number of aliphatic imine (C=N–C) groups is 2. The number of phenolic OH excluding ortho intramolecular Hbond substituents is 2. The molecule has 0 aliphatic rings. The van der Waals surface area contributed by atoms with Crippen molar-refractivity contribution in [1.29, 1.82) is 0 Å². The van der Waals surface area contributed by atoms with Crippen molar-refractivity contribution in [3.05, 3.63) is 80.2 Å². The Balaban J connectivity index is 2.02. The summed E-state index contributed by atoms with van der Waals surface area (Å²) in [5.41, 5.74) is 1.70. The van der Waals surface area contributed by atoms with Gasteiger partial charge in [-0.2, -0.15) is 0 Å². The predicted molar refractivity (Wildman–Crippen MR) is 120 cm³/mol. The predicted octanol–water partition coefficient (Wildman–Crippen LogP) is 5.82. The molecule has 0 amide bonds. The van der Waals surface area contributed by atoms with E-state index in [2.05, 4.69) is 41.8 Å². The summed E-state index contributed by atoms with van der Waals surface area (Å²) < 4.78 is 1.54. The maximum atomic E-state index is 11.3.